The molecule has 118 valence electrons. The Labute approximate surface area is 126 Å². The number of aryl methyl sites for hydroxylation is 1. The van der Waals surface area contributed by atoms with Crippen LogP contribution in [0.2, 0.25) is 0 Å². The van der Waals surface area contributed by atoms with Crippen molar-refractivity contribution in [2.75, 3.05) is 13.2 Å². The number of aliphatic hydroxyl groups is 1. The average Bonchev–Trinajstić information content (AvgIpc) is 2.93. The predicted octanol–water partition coefficient (Wildman–Crippen LogP) is 2.45. The standard InChI is InChI=1S/C16H17F2NO3/c1-10-13(4-5-22-10)16(21)19-8-12(9-20)6-11-2-3-14(17)15(18)7-11/h2-5,7,12,20H,6,8-9H2,1H3,(H,19,21)/t12-/m0/s1. The Morgan fingerprint density at radius 3 is 2.68 bits per heavy atom. The van der Waals surface area contributed by atoms with Crippen LogP contribution in [-0.2, 0) is 6.42 Å². The minimum absolute atomic E-state index is 0.177. The van der Waals surface area contributed by atoms with Crippen LogP contribution in [-0.4, -0.2) is 24.2 Å². The second-order valence-corrected chi connectivity index (χ2v) is 5.10. The third kappa shape index (κ3) is 3.92. The number of carbonyl (C=O) groups is 1. The van der Waals surface area contributed by atoms with Gasteiger partial charge in [0.1, 0.15) is 5.76 Å². The smallest absolute Gasteiger partial charge is 0.254 e. The van der Waals surface area contributed by atoms with Crippen molar-refractivity contribution in [3.63, 3.8) is 0 Å². The van der Waals surface area contributed by atoms with E-state index in [1.807, 2.05) is 0 Å². The largest absolute Gasteiger partial charge is 0.469 e. The highest BCUT2D eigenvalue weighted by molar-refractivity contribution is 5.95. The molecule has 0 saturated heterocycles. The molecule has 1 aromatic carbocycles. The van der Waals surface area contributed by atoms with Crippen molar-refractivity contribution in [1.29, 1.82) is 0 Å². The van der Waals surface area contributed by atoms with E-state index in [4.69, 9.17) is 4.42 Å². The second kappa shape index (κ2) is 7.17. The summed E-state index contributed by atoms with van der Waals surface area (Å²) in [5.41, 5.74) is 0.996. The lowest BCUT2D eigenvalue weighted by molar-refractivity contribution is 0.0938. The highest BCUT2D eigenvalue weighted by Gasteiger charge is 2.15. The van der Waals surface area contributed by atoms with E-state index < -0.39 is 11.6 Å². The molecule has 1 atom stereocenters. The molecular formula is C16H17F2NO3. The van der Waals surface area contributed by atoms with Gasteiger partial charge < -0.3 is 14.8 Å². The molecule has 6 heteroatoms. The zero-order valence-corrected chi connectivity index (χ0v) is 12.1. The van der Waals surface area contributed by atoms with Crippen LogP contribution in [0.1, 0.15) is 21.7 Å². The first-order valence-corrected chi connectivity index (χ1v) is 6.88. The second-order valence-electron chi connectivity index (χ2n) is 5.10. The lowest BCUT2D eigenvalue weighted by atomic mass is 9.99. The van der Waals surface area contributed by atoms with Gasteiger partial charge in [-0.1, -0.05) is 6.07 Å². The maximum atomic E-state index is 13.2. The van der Waals surface area contributed by atoms with Gasteiger partial charge in [0.25, 0.3) is 5.91 Å². The van der Waals surface area contributed by atoms with Gasteiger partial charge in [-0.25, -0.2) is 8.78 Å². The monoisotopic (exact) mass is 309 g/mol. The van der Waals surface area contributed by atoms with E-state index in [2.05, 4.69) is 5.32 Å². The average molecular weight is 309 g/mol. The van der Waals surface area contributed by atoms with Crippen LogP contribution in [0.4, 0.5) is 8.78 Å². The van der Waals surface area contributed by atoms with Crippen molar-refractivity contribution in [2.24, 2.45) is 5.92 Å². The molecule has 0 spiro atoms. The van der Waals surface area contributed by atoms with E-state index in [1.54, 1.807) is 13.0 Å². The molecule has 0 saturated carbocycles. The number of hydrogen-bond donors (Lipinski definition) is 2. The van der Waals surface area contributed by atoms with E-state index in [9.17, 15) is 18.7 Å². The van der Waals surface area contributed by atoms with Crippen LogP contribution in [0.15, 0.2) is 34.9 Å². The topological polar surface area (TPSA) is 62.5 Å². The molecule has 0 aliphatic carbocycles. The summed E-state index contributed by atoms with van der Waals surface area (Å²) in [6.07, 6.45) is 1.76. The molecule has 0 aliphatic rings. The van der Waals surface area contributed by atoms with Crippen LogP contribution in [0.5, 0.6) is 0 Å². The van der Waals surface area contributed by atoms with Crippen molar-refractivity contribution in [3.8, 4) is 0 Å². The normalized spacial score (nSPS) is 12.2. The third-order valence-corrected chi connectivity index (χ3v) is 3.42. The molecule has 2 aromatic rings. The van der Waals surface area contributed by atoms with Gasteiger partial charge >= 0.3 is 0 Å². The van der Waals surface area contributed by atoms with Crippen molar-refractivity contribution < 1.29 is 23.1 Å². The van der Waals surface area contributed by atoms with Crippen LogP contribution >= 0.6 is 0 Å². The van der Waals surface area contributed by atoms with E-state index in [0.717, 1.165) is 12.1 Å². The lowest BCUT2D eigenvalue weighted by Crippen LogP contribution is -2.32. The first-order chi connectivity index (χ1) is 10.5. The quantitative estimate of drug-likeness (QED) is 0.861. The summed E-state index contributed by atoms with van der Waals surface area (Å²) in [7, 11) is 0. The molecule has 4 nitrogen and oxygen atoms in total. The van der Waals surface area contributed by atoms with Crippen molar-refractivity contribution in [1.82, 2.24) is 5.32 Å². The zero-order chi connectivity index (χ0) is 16.1. The summed E-state index contributed by atoms with van der Waals surface area (Å²) in [4.78, 5) is 11.9. The molecule has 0 fully saturated rings. The lowest BCUT2D eigenvalue weighted by Gasteiger charge is -2.15. The fourth-order valence-electron chi connectivity index (χ4n) is 2.15. The first-order valence-electron chi connectivity index (χ1n) is 6.88. The zero-order valence-electron chi connectivity index (χ0n) is 12.1. The molecule has 0 aliphatic heterocycles. The van der Waals surface area contributed by atoms with Gasteiger partial charge in [-0.15, -0.1) is 0 Å². The first kappa shape index (κ1) is 16.2. The van der Waals surface area contributed by atoms with Crippen LogP contribution in [0, 0.1) is 24.5 Å². The minimum Gasteiger partial charge on any atom is -0.469 e. The SMILES string of the molecule is Cc1occc1C(=O)NC[C@@H](CO)Cc1ccc(F)c(F)c1. The molecule has 2 rings (SSSR count). The number of furan rings is 1. The Morgan fingerprint density at radius 1 is 1.32 bits per heavy atom. The third-order valence-electron chi connectivity index (χ3n) is 3.42. The molecule has 0 bridgehead atoms. The Bertz CT molecular complexity index is 655. The molecule has 22 heavy (non-hydrogen) atoms. The summed E-state index contributed by atoms with van der Waals surface area (Å²) < 4.78 is 31.1. The van der Waals surface area contributed by atoms with Gasteiger partial charge in [-0.05, 0) is 37.1 Å². The highest BCUT2D eigenvalue weighted by atomic mass is 19.2. The van der Waals surface area contributed by atoms with E-state index >= 15 is 0 Å². The van der Waals surface area contributed by atoms with Gasteiger partial charge in [0.2, 0.25) is 0 Å². The van der Waals surface area contributed by atoms with E-state index in [1.165, 1.54) is 12.3 Å². The number of hydrogen-bond acceptors (Lipinski definition) is 3. The summed E-state index contributed by atoms with van der Waals surface area (Å²) in [5.74, 6) is -1.91. The number of amides is 1. The van der Waals surface area contributed by atoms with Crippen molar-refractivity contribution >= 4 is 5.91 Å². The van der Waals surface area contributed by atoms with Gasteiger partial charge in [0.05, 0.1) is 11.8 Å². The summed E-state index contributed by atoms with van der Waals surface area (Å²) >= 11 is 0. The van der Waals surface area contributed by atoms with E-state index in [-0.39, 0.29) is 25.0 Å². The maximum Gasteiger partial charge on any atom is 0.254 e. The number of rotatable bonds is 6. The highest BCUT2D eigenvalue weighted by Crippen LogP contribution is 2.13. The molecule has 2 N–H and O–H groups in total. The van der Waals surface area contributed by atoms with Gasteiger partial charge in [0, 0.05) is 19.1 Å². The number of nitrogens with one attached hydrogen (secondary N) is 1. The number of carbonyl (C=O) groups excluding carboxylic acids is 1. The minimum atomic E-state index is -0.924. The molecule has 0 unspecified atom stereocenters. The van der Waals surface area contributed by atoms with Gasteiger partial charge in [0.15, 0.2) is 11.6 Å². The number of benzene rings is 1. The molecule has 1 amide bonds. The number of aliphatic hydroxyl groups excluding tert-OH is 1. The van der Waals surface area contributed by atoms with Crippen molar-refractivity contribution in [2.45, 2.75) is 13.3 Å². The Kier molecular flexibility index (Phi) is 5.27. The molecular weight excluding hydrogens is 292 g/mol. The summed E-state index contributed by atoms with van der Waals surface area (Å²) in [6.45, 7) is 1.72. The Morgan fingerprint density at radius 2 is 2.09 bits per heavy atom. The molecule has 1 aromatic heterocycles. The maximum absolute atomic E-state index is 13.2. The summed E-state index contributed by atoms with van der Waals surface area (Å²) in [5, 5.41) is 12.1. The van der Waals surface area contributed by atoms with Gasteiger partial charge in [-0.3, -0.25) is 4.79 Å². The van der Waals surface area contributed by atoms with Crippen LogP contribution < -0.4 is 5.32 Å². The van der Waals surface area contributed by atoms with Gasteiger partial charge in [-0.2, -0.15) is 0 Å². The fourth-order valence-corrected chi connectivity index (χ4v) is 2.15. The molecule has 0 radical (unpaired) electrons. The van der Waals surface area contributed by atoms with Crippen molar-refractivity contribution in [3.05, 3.63) is 59.1 Å². The Hall–Kier alpha value is -2.21. The predicted molar refractivity (Wildman–Crippen MR) is 76.4 cm³/mol. The van der Waals surface area contributed by atoms with Crippen LogP contribution in [0.3, 0.4) is 0 Å². The number of halogens is 2. The summed E-state index contributed by atoms with van der Waals surface area (Å²) in [6, 6.07) is 5.17. The van der Waals surface area contributed by atoms with Crippen LogP contribution in [0.25, 0.3) is 0 Å². The fraction of sp³-hybridized carbons (Fsp3) is 0.312. The molecule has 1 heterocycles. The van der Waals surface area contributed by atoms with E-state index in [0.29, 0.717) is 23.3 Å². The Balaban J connectivity index is 1.93.